The van der Waals surface area contributed by atoms with Gasteiger partial charge in [-0.2, -0.15) is 0 Å². The number of ether oxygens (including phenoxy) is 1. The molecule has 1 N–H and O–H groups in total. The highest BCUT2D eigenvalue weighted by atomic mass is 16.5. The molecule has 0 bridgehead atoms. The SMILES string of the molecule is CCCN(CC(=O)Nc1ccccc1OC)C(=O)c1cc(C)nc2ccc(C)cc12. The van der Waals surface area contributed by atoms with Gasteiger partial charge in [0.2, 0.25) is 5.91 Å². The van der Waals surface area contributed by atoms with Gasteiger partial charge in [-0.1, -0.05) is 30.7 Å². The van der Waals surface area contributed by atoms with Crippen LogP contribution in [0.5, 0.6) is 5.75 Å². The van der Waals surface area contributed by atoms with Crippen LogP contribution in [0.2, 0.25) is 0 Å². The molecule has 1 heterocycles. The van der Waals surface area contributed by atoms with Gasteiger partial charge in [-0.05, 0) is 50.6 Å². The Labute approximate surface area is 176 Å². The summed E-state index contributed by atoms with van der Waals surface area (Å²) in [7, 11) is 1.55. The lowest BCUT2D eigenvalue weighted by Gasteiger charge is -2.23. The zero-order valence-electron chi connectivity index (χ0n) is 17.9. The van der Waals surface area contributed by atoms with E-state index in [1.807, 2.05) is 51.1 Å². The maximum Gasteiger partial charge on any atom is 0.255 e. The van der Waals surface area contributed by atoms with Crippen molar-refractivity contribution in [2.45, 2.75) is 27.2 Å². The monoisotopic (exact) mass is 405 g/mol. The Morgan fingerprint density at radius 1 is 1.10 bits per heavy atom. The van der Waals surface area contributed by atoms with E-state index in [4.69, 9.17) is 4.74 Å². The van der Waals surface area contributed by atoms with Gasteiger partial charge < -0.3 is 15.0 Å². The van der Waals surface area contributed by atoms with Crippen molar-refractivity contribution in [3.8, 4) is 5.75 Å². The second-order valence-corrected chi connectivity index (χ2v) is 7.31. The maximum absolute atomic E-state index is 13.4. The molecule has 0 unspecified atom stereocenters. The molecule has 6 heteroatoms. The molecule has 0 aliphatic carbocycles. The molecule has 0 aliphatic heterocycles. The third kappa shape index (κ3) is 4.76. The number of nitrogens with one attached hydrogen (secondary N) is 1. The van der Waals surface area contributed by atoms with Crippen molar-refractivity contribution >= 4 is 28.4 Å². The fraction of sp³-hybridized carbons (Fsp3) is 0.292. The molecule has 0 fully saturated rings. The lowest BCUT2D eigenvalue weighted by atomic mass is 10.0. The van der Waals surface area contributed by atoms with Gasteiger partial charge in [-0.25, -0.2) is 0 Å². The molecule has 0 spiro atoms. The van der Waals surface area contributed by atoms with Crippen LogP contribution < -0.4 is 10.1 Å². The topological polar surface area (TPSA) is 71.5 Å². The molecule has 3 aromatic rings. The molecule has 0 radical (unpaired) electrons. The van der Waals surface area contributed by atoms with Crippen molar-refractivity contribution in [2.75, 3.05) is 25.5 Å². The van der Waals surface area contributed by atoms with Crippen LogP contribution in [0.25, 0.3) is 10.9 Å². The molecule has 156 valence electrons. The van der Waals surface area contributed by atoms with Crippen LogP contribution in [0.4, 0.5) is 5.69 Å². The molecule has 0 aliphatic rings. The Kier molecular flexibility index (Phi) is 6.67. The Balaban J connectivity index is 1.87. The highest BCUT2D eigenvalue weighted by Gasteiger charge is 2.21. The van der Waals surface area contributed by atoms with E-state index in [0.29, 0.717) is 23.5 Å². The van der Waals surface area contributed by atoms with Crippen LogP contribution in [-0.4, -0.2) is 41.9 Å². The predicted molar refractivity (Wildman–Crippen MR) is 119 cm³/mol. The van der Waals surface area contributed by atoms with E-state index in [2.05, 4.69) is 10.3 Å². The molecule has 0 saturated heterocycles. The molecule has 0 atom stereocenters. The first-order chi connectivity index (χ1) is 14.4. The average Bonchev–Trinajstić information content (AvgIpc) is 2.73. The van der Waals surface area contributed by atoms with Crippen LogP contribution in [0.15, 0.2) is 48.5 Å². The third-order valence-electron chi connectivity index (χ3n) is 4.82. The summed E-state index contributed by atoms with van der Waals surface area (Å²) in [5, 5.41) is 3.65. The minimum absolute atomic E-state index is 0.0423. The van der Waals surface area contributed by atoms with Gasteiger partial charge in [0.1, 0.15) is 12.3 Å². The Morgan fingerprint density at radius 3 is 2.60 bits per heavy atom. The van der Waals surface area contributed by atoms with Crippen LogP contribution >= 0.6 is 0 Å². The number of carbonyl (C=O) groups excluding carboxylic acids is 2. The first kappa shape index (κ1) is 21.3. The largest absolute Gasteiger partial charge is 0.495 e. The summed E-state index contributed by atoms with van der Waals surface area (Å²) in [5.41, 5.74) is 3.75. The van der Waals surface area contributed by atoms with Crippen molar-refractivity contribution in [1.29, 1.82) is 0 Å². The number of aromatic nitrogens is 1. The number of methoxy groups -OCH3 is 1. The summed E-state index contributed by atoms with van der Waals surface area (Å²) in [4.78, 5) is 32.3. The second kappa shape index (κ2) is 9.39. The number of para-hydroxylation sites is 2. The van der Waals surface area contributed by atoms with Crippen molar-refractivity contribution in [3.05, 3.63) is 65.4 Å². The van der Waals surface area contributed by atoms with Crippen molar-refractivity contribution in [1.82, 2.24) is 9.88 Å². The van der Waals surface area contributed by atoms with E-state index in [1.165, 1.54) is 0 Å². The van der Waals surface area contributed by atoms with E-state index in [0.717, 1.165) is 28.6 Å². The second-order valence-electron chi connectivity index (χ2n) is 7.31. The molecule has 1 aromatic heterocycles. The number of fused-ring (bicyclic) bond motifs is 1. The number of amides is 2. The van der Waals surface area contributed by atoms with E-state index < -0.39 is 0 Å². The standard InChI is InChI=1S/C24H27N3O3/c1-5-12-27(15-23(28)26-21-8-6-7-9-22(21)30-4)24(29)19-14-17(3)25-20-11-10-16(2)13-18(19)20/h6-11,13-14H,5,12,15H2,1-4H3,(H,26,28). The summed E-state index contributed by atoms with van der Waals surface area (Å²) in [6.07, 6.45) is 0.745. The highest BCUT2D eigenvalue weighted by Crippen LogP contribution is 2.24. The lowest BCUT2D eigenvalue weighted by molar-refractivity contribution is -0.116. The predicted octanol–water partition coefficient (Wildman–Crippen LogP) is 4.35. The summed E-state index contributed by atoms with van der Waals surface area (Å²) >= 11 is 0. The normalized spacial score (nSPS) is 10.7. The zero-order valence-corrected chi connectivity index (χ0v) is 17.9. The van der Waals surface area contributed by atoms with Crippen LogP contribution in [-0.2, 0) is 4.79 Å². The molecule has 2 aromatic carbocycles. The highest BCUT2D eigenvalue weighted by molar-refractivity contribution is 6.08. The minimum atomic E-state index is -0.271. The number of hydrogen-bond acceptors (Lipinski definition) is 4. The molecule has 2 amide bonds. The van der Waals surface area contributed by atoms with E-state index in [9.17, 15) is 9.59 Å². The fourth-order valence-electron chi connectivity index (χ4n) is 3.45. The smallest absolute Gasteiger partial charge is 0.255 e. The Bertz CT molecular complexity index is 1080. The first-order valence-electron chi connectivity index (χ1n) is 10.0. The summed E-state index contributed by atoms with van der Waals surface area (Å²) < 4.78 is 5.29. The van der Waals surface area contributed by atoms with Crippen molar-refractivity contribution < 1.29 is 14.3 Å². The van der Waals surface area contributed by atoms with Crippen molar-refractivity contribution in [2.24, 2.45) is 0 Å². The number of pyridine rings is 1. The van der Waals surface area contributed by atoms with Crippen LogP contribution in [0.3, 0.4) is 0 Å². The number of anilines is 1. The first-order valence-corrected chi connectivity index (χ1v) is 10.0. The lowest BCUT2D eigenvalue weighted by Crippen LogP contribution is -2.38. The van der Waals surface area contributed by atoms with Gasteiger partial charge >= 0.3 is 0 Å². The van der Waals surface area contributed by atoms with E-state index >= 15 is 0 Å². The fourth-order valence-corrected chi connectivity index (χ4v) is 3.45. The summed E-state index contributed by atoms with van der Waals surface area (Å²) in [5.74, 6) is 0.131. The number of hydrogen-bond donors (Lipinski definition) is 1. The number of aryl methyl sites for hydroxylation is 2. The minimum Gasteiger partial charge on any atom is -0.495 e. The molecule has 30 heavy (non-hydrogen) atoms. The van der Waals surface area contributed by atoms with Gasteiger partial charge in [-0.15, -0.1) is 0 Å². The average molecular weight is 405 g/mol. The van der Waals surface area contributed by atoms with E-state index in [1.54, 1.807) is 30.2 Å². The van der Waals surface area contributed by atoms with Gasteiger partial charge in [0, 0.05) is 17.6 Å². The molecule has 0 saturated carbocycles. The van der Waals surface area contributed by atoms with Crippen LogP contribution in [0, 0.1) is 13.8 Å². The maximum atomic E-state index is 13.4. The summed E-state index contributed by atoms with van der Waals surface area (Å²) in [6.45, 7) is 6.28. The molecule has 3 rings (SSSR count). The number of rotatable bonds is 7. The summed E-state index contributed by atoms with van der Waals surface area (Å²) in [6, 6.07) is 14.9. The van der Waals surface area contributed by atoms with Gasteiger partial charge in [-0.3, -0.25) is 14.6 Å². The Morgan fingerprint density at radius 2 is 1.87 bits per heavy atom. The Hall–Kier alpha value is -3.41. The van der Waals surface area contributed by atoms with Gasteiger partial charge in [0.25, 0.3) is 5.91 Å². The quantitative estimate of drug-likeness (QED) is 0.634. The zero-order chi connectivity index (χ0) is 21.7. The number of carbonyl (C=O) groups is 2. The third-order valence-corrected chi connectivity index (χ3v) is 4.82. The van der Waals surface area contributed by atoms with Crippen molar-refractivity contribution in [3.63, 3.8) is 0 Å². The van der Waals surface area contributed by atoms with Gasteiger partial charge in [0.05, 0.1) is 23.9 Å². The molecule has 6 nitrogen and oxygen atoms in total. The van der Waals surface area contributed by atoms with Crippen LogP contribution in [0.1, 0.15) is 35.0 Å². The molecular formula is C24H27N3O3. The number of benzene rings is 2. The number of nitrogens with zero attached hydrogens (tertiary/aromatic N) is 2. The van der Waals surface area contributed by atoms with Gasteiger partial charge in [0.15, 0.2) is 0 Å². The molecular weight excluding hydrogens is 378 g/mol. The van der Waals surface area contributed by atoms with E-state index in [-0.39, 0.29) is 18.4 Å².